The topological polar surface area (TPSA) is 83.4 Å². The third-order valence-corrected chi connectivity index (χ3v) is 4.20. The van der Waals surface area contributed by atoms with E-state index in [0.29, 0.717) is 18.3 Å². The van der Waals surface area contributed by atoms with Gasteiger partial charge in [0.1, 0.15) is 12.2 Å². The summed E-state index contributed by atoms with van der Waals surface area (Å²) in [5.41, 5.74) is 5.58. The smallest absolute Gasteiger partial charge is 0.255 e. The Morgan fingerprint density at radius 1 is 1.33 bits per heavy atom. The summed E-state index contributed by atoms with van der Waals surface area (Å²) < 4.78 is 16.6. The molecule has 0 aromatic carbocycles. The zero-order chi connectivity index (χ0) is 12.4. The molecular weight excluding hydrogens is 254 g/mol. The average molecular weight is 271 g/mol. The Kier molecular flexibility index (Phi) is 3.83. The van der Waals surface area contributed by atoms with Gasteiger partial charge in [-0.2, -0.15) is 16.7 Å². The molecule has 2 saturated heterocycles. The highest BCUT2D eigenvalue weighted by molar-refractivity contribution is 7.99. The minimum atomic E-state index is -0.101. The van der Waals surface area contributed by atoms with Crippen LogP contribution in [0.15, 0.2) is 4.52 Å². The molecule has 3 rings (SSSR count). The van der Waals surface area contributed by atoms with Gasteiger partial charge in [0, 0.05) is 18.1 Å². The van der Waals surface area contributed by atoms with E-state index in [9.17, 15) is 0 Å². The van der Waals surface area contributed by atoms with Crippen LogP contribution in [-0.4, -0.2) is 40.9 Å². The lowest BCUT2D eigenvalue weighted by Crippen LogP contribution is -2.19. The number of thioether (sulfide) groups is 1. The Labute approximate surface area is 110 Å². The number of aromatic nitrogens is 2. The minimum absolute atomic E-state index is 0.0482. The number of nitrogens with two attached hydrogens (primary N) is 1. The Hall–Kier alpha value is -0.630. The van der Waals surface area contributed by atoms with Crippen molar-refractivity contribution in [3.8, 4) is 0 Å². The van der Waals surface area contributed by atoms with Crippen LogP contribution in [0.5, 0.6) is 0 Å². The monoisotopic (exact) mass is 271 g/mol. The van der Waals surface area contributed by atoms with Crippen LogP contribution in [-0.2, 0) is 9.47 Å². The quantitative estimate of drug-likeness (QED) is 0.879. The summed E-state index contributed by atoms with van der Waals surface area (Å²) >= 11 is 1.85. The van der Waals surface area contributed by atoms with Crippen LogP contribution < -0.4 is 5.73 Å². The van der Waals surface area contributed by atoms with E-state index in [-0.39, 0.29) is 18.3 Å². The van der Waals surface area contributed by atoms with Crippen LogP contribution in [0, 0.1) is 0 Å². The van der Waals surface area contributed by atoms with E-state index in [1.54, 1.807) is 0 Å². The van der Waals surface area contributed by atoms with Crippen LogP contribution >= 0.6 is 11.8 Å². The molecule has 2 N–H and O–H groups in total. The molecule has 2 aliphatic rings. The Balaban J connectivity index is 1.66. The standard InChI is InChI=1S/C11H17N3O3S/c12-5-7-1-2-8(16-7)11-13-10(14-17-11)9-6-18-4-3-15-9/h7-9H,1-6,12H2. The molecule has 0 radical (unpaired) electrons. The number of hydrogen-bond donors (Lipinski definition) is 1. The van der Waals surface area contributed by atoms with Crippen molar-refractivity contribution in [2.75, 3.05) is 24.7 Å². The molecule has 1 aromatic heterocycles. The highest BCUT2D eigenvalue weighted by Crippen LogP contribution is 2.32. The zero-order valence-corrected chi connectivity index (χ0v) is 10.9. The Morgan fingerprint density at radius 2 is 2.28 bits per heavy atom. The minimum Gasteiger partial charge on any atom is -0.368 e. The second-order valence-electron chi connectivity index (χ2n) is 4.48. The molecule has 3 unspecified atom stereocenters. The van der Waals surface area contributed by atoms with Gasteiger partial charge in [-0.25, -0.2) is 0 Å². The van der Waals surface area contributed by atoms with Crippen molar-refractivity contribution in [2.24, 2.45) is 5.73 Å². The number of ether oxygens (including phenoxy) is 2. The molecule has 100 valence electrons. The van der Waals surface area contributed by atoms with Crippen molar-refractivity contribution < 1.29 is 14.0 Å². The zero-order valence-electron chi connectivity index (χ0n) is 10.1. The lowest BCUT2D eigenvalue weighted by atomic mass is 10.2. The van der Waals surface area contributed by atoms with E-state index in [0.717, 1.165) is 31.0 Å². The van der Waals surface area contributed by atoms with Gasteiger partial charge >= 0.3 is 0 Å². The summed E-state index contributed by atoms with van der Waals surface area (Å²) in [5.74, 6) is 3.11. The van der Waals surface area contributed by atoms with Crippen molar-refractivity contribution >= 4 is 11.8 Å². The van der Waals surface area contributed by atoms with E-state index in [1.807, 2.05) is 11.8 Å². The summed E-state index contributed by atoms with van der Waals surface area (Å²) in [6.45, 7) is 1.29. The Bertz CT molecular complexity index is 395. The molecule has 3 atom stereocenters. The molecule has 1 aromatic rings. The summed E-state index contributed by atoms with van der Waals surface area (Å²) in [6.07, 6.45) is 1.81. The molecule has 6 nitrogen and oxygen atoms in total. The molecule has 0 amide bonds. The first-order valence-corrected chi connectivity index (χ1v) is 7.40. The second kappa shape index (κ2) is 5.56. The Morgan fingerprint density at radius 3 is 3.00 bits per heavy atom. The largest absolute Gasteiger partial charge is 0.368 e. The van der Waals surface area contributed by atoms with Gasteiger partial charge < -0.3 is 19.7 Å². The molecule has 2 fully saturated rings. The lowest BCUT2D eigenvalue weighted by Gasteiger charge is -2.18. The van der Waals surface area contributed by atoms with E-state index in [4.69, 9.17) is 19.7 Å². The van der Waals surface area contributed by atoms with E-state index >= 15 is 0 Å². The van der Waals surface area contributed by atoms with Gasteiger partial charge in [-0.15, -0.1) is 0 Å². The van der Waals surface area contributed by atoms with E-state index in [1.165, 1.54) is 0 Å². The van der Waals surface area contributed by atoms with Crippen LogP contribution in [0.4, 0.5) is 0 Å². The molecule has 0 bridgehead atoms. The molecule has 2 aliphatic heterocycles. The van der Waals surface area contributed by atoms with Gasteiger partial charge in [0.15, 0.2) is 0 Å². The number of nitrogens with zero attached hydrogens (tertiary/aromatic N) is 2. The van der Waals surface area contributed by atoms with Gasteiger partial charge in [0.05, 0.1) is 12.7 Å². The van der Waals surface area contributed by atoms with Gasteiger partial charge in [0.2, 0.25) is 5.82 Å². The predicted octanol–water partition coefficient (Wildman–Crippen LogP) is 1.05. The second-order valence-corrected chi connectivity index (χ2v) is 5.63. The number of hydrogen-bond acceptors (Lipinski definition) is 7. The fraction of sp³-hybridized carbons (Fsp3) is 0.818. The maximum Gasteiger partial charge on any atom is 0.255 e. The lowest BCUT2D eigenvalue weighted by molar-refractivity contribution is 0.0306. The van der Waals surface area contributed by atoms with Gasteiger partial charge in [0.25, 0.3) is 5.89 Å². The summed E-state index contributed by atoms with van der Waals surface area (Å²) in [4.78, 5) is 4.40. The molecule has 0 spiro atoms. The SMILES string of the molecule is NCC1CCC(c2nc(C3CSCCO3)no2)O1. The van der Waals surface area contributed by atoms with E-state index < -0.39 is 0 Å². The maximum absolute atomic E-state index is 5.73. The van der Waals surface area contributed by atoms with Crippen molar-refractivity contribution in [1.82, 2.24) is 10.1 Å². The molecule has 0 saturated carbocycles. The van der Waals surface area contributed by atoms with Crippen LogP contribution in [0.25, 0.3) is 0 Å². The average Bonchev–Trinajstić information content (AvgIpc) is 3.08. The van der Waals surface area contributed by atoms with Gasteiger partial charge in [-0.1, -0.05) is 5.16 Å². The van der Waals surface area contributed by atoms with E-state index in [2.05, 4.69) is 10.1 Å². The van der Waals surface area contributed by atoms with Crippen molar-refractivity contribution in [3.63, 3.8) is 0 Å². The molecule has 0 aliphatic carbocycles. The summed E-state index contributed by atoms with van der Waals surface area (Å²) in [7, 11) is 0. The fourth-order valence-corrected chi connectivity index (χ4v) is 3.05. The first-order valence-electron chi connectivity index (χ1n) is 6.25. The van der Waals surface area contributed by atoms with Gasteiger partial charge in [-0.3, -0.25) is 0 Å². The molecular formula is C11H17N3O3S. The van der Waals surface area contributed by atoms with Crippen LogP contribution in [0.1, 0.15) is 36.8 Å². The van der Waals surface area contributed by atoms with Crippen LogP contribution in [0.2, 0.25) is 0 Å². The third kappa shape index (κ3) is 2.54. The predicted molar refractivity (Wildman–Crippen MR) is 66.2 cm³/mol. The first-order chi connectivity index (χ1) is 8.86. The van der Waals surface area contributed by atoms with Crippen molar-refractivity contribution in [2.45, 2.75) is 31.2 Å². The fourth-order valence-electron chi connectivity index (χ4n) is 2.21. The van der Waals surface area contributed by atoms with Crippen molar-refractivity contribution in [3.05, 3.63) is 11.7 Å². The third-order valence-electron chi connectivity index (χ3n) is 3.21. The maximum atomic E-state index is 5.73. The van der Waals surface area contributed by atoms with Gasteiger partial charge in [-0.05, 0) is 12.8 Å². The summed E-state index contributed by atoms with van der Waals surface area (Å²) in [6, 6.07) is 0. The van der Waals surface area contributed by atoms with Crippen LogP contribution in [0.3, 0.4) is 0 Å². The summed E-state index contributed by atoms with van der Waals surface area (Å²) in [5, 5.41) is 4.00. The first kappa shape index (κ1) is 12.4. The molecule has 18 heavy (non-hydrogen) atoms. The highest BCUT2D eigenvalue weighted by atomic mass is 32.2. The van der Waals surface area contributed by atoms with Crippen molar-refractivity contribution in [1.29, 1.82) is 0 Å². The number of rotatable bonds is 3. The molecule has 3 heterocycles. The molecule has 7 heteroatoms. The highest BCUT2D eigenvalue weighted by Gasteiger charge is 2.31. The normalized spacial score (nSPS) is 32.8.